The first-order valence-corrected chi connectivity index (χ1v) is 10.3. The molecule has 31 heavy (non-hydrogen) atoms. The molecule has 3 aromatic carbocycles. The standard InChI is InChI=1S/C23H19F3N2O2S/c1-15-5-7-16(8-6-15)22(30)28-18-9-11-20(12-10-18)31-14-21(29)27-19-4-2-3-17(13-19)23(24,25)26/h2-13H,14H2,1H3,(H,27,29)(H,28,30). The van der Waals surface area contributed by atoms with Crippen molar-refractivity contribution in [1.82, 2.24) is 0 Å². The van der Waals surface area contributed by atoms with Gasteiger partial charge in [0.1, 0.15) is 0 Å². The molecule has 0 saturated carbocycles. The van der Waals surface area contributed by atoms with Gasteiger partial charge in [0, 0.05) is 21.8 Å². The highest BCUT2D eigenvalue weighted by molar-refractivity contribution is 8.00. The Kier molecular flexibility index (Phi) is 7.02. The van der Waals surface area contributed by atoms with Crippen LogP contribution in [0.2, 0.25) is 0 Å². The smallest absolute Gasteiger partial charge is 0.325 e. The second-order valence-corrected chi connectivity index (χ2v) is 7.81. The van der Waals surface area contributed by atoms with Gasteiger partial charge in [0.25, 0.3) is 5.91 Å². The van der Waals surface area contributed by atoms with Gasteiger partial charge in [-0.2, -0.15) is 13.2 Å². The van der Waals surface area contributed by atoms with E-state index in [0.717, 1.165) is 22.6 Å². The minimum absolute atomic E-state index is 0.0331. The molecule has 0 atom stereocenters. The molecule has 0 bridgehead atoms. The van der Waals surface area contributed by atoms with Gasteiger partial charge >= 0.3 is 6.18 Å². The molecular weight excluding hydrogens is 425 g/mol. The summed E-state index contributed by atoms with van der Waals surface area (Å²) in [6, 6.07) is 18.7. The van der Waals surface area contributed by atoms with E-state index >= 15 is 0 Å². The van der Waals surface area contributed by atoms with Gasteiger partial charge in [0.05, 0.1) is 11.3 Å². The molecule has 0 radical (unpaired) electrons. The van der Waals surface area contributed by atoms with E-state index in [4.69, 9.17) is 0 Å². The summed E-state index contributed by atoms with van der Waals surface area (Å²) in [7, 11) is 0. The Morgan fingerprint density at radius 3 is 2.19 bits per heavy atom. The van der Waals surface area contributed by atoms with Crippen molar-refractivity contribution in [2.75, 3.05) is 16.4 Å². The first kappa shape index (κ1) is 22.4. The maximum atomic E-state index is 12.8. The van der Waals surface area contributed by atoms with E-state index in [1.807, 2.05) is 19.1 Å². The quantitative estimate of drug-likeness (QED) is 0.459. The number of aryl methyl sites for hydroxylation is 1. The second kappa shape index (κ2) is 9.70. The number of thioether (sulfide) groups is 1. The molecule has 0 aliphatic heterocycles. The lowest BCUT2D eigenvalue weighted by Crippen LogP contribution is -2.15. The summed E-state index contributed by atoms with van der Waals surface area (Å²) in [6.07, 6.45) is -4.47. The number of nitrogens with one attached hydrogen (secondary N) is 2. The van der Waals surface area contributed by atoms with Crippen LogP contribution in [0.15, 0.2) is 77.7 Å². The van der Waals surface area contributed by atoms with Crippen LogP contribution in [0.1, 0.15) is 21.5 Å². The fraction of sp³-hybridized carbons (Fsp3) is 0.130. The highest BCUT2D eigenvalue weighted by Gasteiger charge is 2.30. The molecule has 4 nitrogen and oxygen atoms in total. The van der Waals surface area contributed by atoms with Gasteiger partial charge in [-0.3, -0.25) is 9.59 Å². The zero-order valence-electron chi connectivity index (χ0n) is 16.5. The maximum Gasteiger partial charge on any atom is 0.416 e. The lowest BCUT2D eigenvalue weighted by molar-refractivity contribution is -0.137. The van der Waals surface area contributed by atoms with E-state index in [-0.39, 0.29) is 17.3 Å². The summed E-state index contributed by atoms with van der Waals surface area (Å²) in [5, 5.41) is 5.27. The van der Waals surface area contributed by atoms with Crippen molar-refractivity contribution in [3.63, 3.8) is 0 Å². The lowest BCUT2D eigenvalue weighted by Gasteiger charge is -2.10. The zero-order chi connectivity index (χ0) is 22.4. The van der Waals surface area contributed by atoms with Crippen LogP contribution in [0, 0.1) is 6.92 Å². The van der Waals surface area contributed by atoms with Gasteiger partial charge < -0.3 is 10.6 Å². The van der Waals surface area contributed by atoms with E-state index in [2.05, 4.69) is 10.6 Å². The van der Waals surface area contributed by atoms with Crippen molar-refractivity contribution in [3.05, 3.63) is 89.5 Å². The second-order valence-electron chi connectivity index (χ2n) is 6.76. The molecule has 3 aromatic rings. The zero-order valence-corrected chi connectivity index (χ0v) is 17.3. The molecule has 3 rings (SSSR count). The van der Waals surface area contributed by atoms with Gasteiger partial charge in [-0.15, -0.1) is 11.8 Å². The first-order valence-electron chi connectivity index (χ1n) is 9.29. The average Bonchev–Trinajstić information content (AvgIpc) is 2.73. The van der Waals surface area contributed by atoms with E-state index in [0.29, 0.717) is 11.3 Å². The normalized spacial score (nSPS) is 11.1. The van der Waals surface area contributed by atoms with Crippen molar-refractivity contribution < 1.29 is 22.8 Å². The van der Waals surface area contributed by atoms with E-state index in [1.54, 1.807) is 36.4 Å². The van der Waals surface area contributed by atoms with Crippen molar-refractivity contribution in [2.45, 2.75) is 18.0 Å². The minimum atomic E-state index is -4.47. The number of amides is 2. The van der Waals surface area contributed by atoms with Gasteiger partial charge in [-0.1, -0.05) is 23.8 Å². The fourth-order valence-electron chi connectivity index (χ4n) is 2.66. The van der Waals surface area contributed by atoms with Gasteiger partial charge in [-0.25, -0.2) is 0 Å². The van der Waals surface area contributed by atoms with E-state index in [9.17, 15) is 22.8 Å². The number of hydrogen-bond donors (Lipinski definition) is 2. The predicted molar refractivity (Wildman–Crippen MR) is 116 cm³/mol. The fourth-order valence-corrected chi connectivity index (χ4v) is 3.36. The molecule has 0 aliphatic rings. The third-order valence-electron chi connectivity index (χ3n) is 4.27. The Hall–Kier alpha value is -3.26. The number of anilines is 2. The largest absolute Gasteiger partial charge is 0.416 e. The Bertz CT molecular complexity index is 1070. The number of carbonyl (C=O) groups excluding carboxylic acids is 2. The third kappa shape index (κ3) is 6.62. The van der Waals surface area contributed by atoms with Gasteiger partial charge in [0.15, 0.2) is 0 Å². The lowest BCUT2D eigenvalue weighted by atomic mass is 10.1. The average molecular weight is 444 g/mol. The summed E-state index contributed by atoms with van der Waals surface area (Å²) in [5.74, 6) is -0.604. The van der Waals surface area contributed by atoms with Crippen LogP contribution >= 0.6 is 11.8 Å². The molecule has 0 aliphatic carbocycles. The highest BCUT2D eigenvalue weighted by Crippen LogP contribution is 2.30. The topological polar surface area (TPSA) is 58.2 Å². The molecule has 160 valence electrons. The Labute approximate surface area is 181 Å². The van der Waals surface area contributed by atoms with Crippen LogP contribution in [-0.4, -0.2) is 17.6 Å². The van der Waals surface area contributed by atoms with Crippen LogP contribution in [-0.2, 0) is 11.0 Å². The maximum absolute atomic E-state index is 12.8. The van der Waals surface area contributed by atoms with Crippen molar-refractivity contribution >= 4 is 35.0 Å². The van der Waals surface area contributed by atoms with Crippen LogP contribution in [0.3, 0.4) is 0 Å². The minimum Gasteiger partial charge on any atom is -0.325 e. The van der Waals surface area contributed by atoms with Gasteiger partial charge in [-0.05, 0) is 61.5 Å². The van der Waals surface area contributed by atoms with E-state index in [1.165, 1.54) is 23.9 Å². The Morgan fingerprint density at radius 1 is 0.871 bits per heavy atom. The van der Waals surface area contributed by atoms with Crippen LogP contribution in [0.4, 0.5) is 24.5 Å². The molecule has 0 fully saturated rings. The molecule has 0 aromatic heterocycles. The van der Waals surface area contributed by atoms with E-state index < -0.39 is 17.6 Å². The number of hydrogen-bond acceptors (Lipinski definition) is 3. The molecule has 2 amide bonds. The molecule has 2 N–H and O–H groups in total. The summed E-state index contributed by atoms with van der Waals surface area (Å²) in [4.78, 5) is 25.1. The summed E-state index contributed by atoms with van der Waals surface area (Å²) < 4.78 is 38.3. The summed E-state index contributed by atoms with van der Waals surface area (Å²) in [5.41, 5.74) is 1.50. The van der Waals surface area contributed by atoms with Crippen LogP contribution in [0.5, 0.6) is 0 Å². The third-order valence-corrected chi connectivity index (χ3v) is 5.28. The molecule has 0 heterocycles. The van der Waals surface area contributed by atoms with Crippen LogP contribution in [0.25, 0.3) is 0 Å². The molecule has 0 saturated heterocycles. The molecule has 0 unspecified atom stereocenters. The monoisotopic (exact) mass is 444 g/mol. The summed E-state index contributed by atoms with van der Waals surface area (Å²) >= 11 is 1.24. The number of rotatable bonds is 6. The highest BCUT2D eigenvalue weighted by atomic mass is 32.2. The van der Waals surface area contributed by atoms with Gasteiger partial charge in [0.2, 0.25) is 5.91 Å². The Balaban J connectivity index is 1.51. The Morgan fingerprint density at radius 2 is 1.55 bits per heavy atom. The molecular formula is C23H19F3N2O2S. The van der Waals surface area contributed by atoms with Crippen molar-refractivity contribution in [1.29, 1.82) is 0 Å². The number of carbonyl (C=O) groups is 2. The number of benzene rings is 3. The van der Waals surface area contributed by atoms with Crippen molar-refractivity contribution in [2.24, 2.45) is 0 Å². The SMILES string of the molecule is Cc1ccc(C(=O)Nc2ccc(SCC(=O)Nc3cccc(C(F)(F)F)c3)cc2)cc1. The molecule has 8 heteroatoms. The number of halogens is 3. The predicted octanol–water partition coefficient (Wildman–Crippen LogP) is 6.00. The van der Waals surface area contributed by atoms with Crippen LogP contribution < -0.4 is 10.6 Å². The number of alkyl halides is 3. The molecule has 0 spiro atoms. The summed E-state index contributed by atoms with van der Waals surface area (Å²) in [6.45, 7) is 1.94. The first-order chi connectivity index (χ1) is 14.7. The van der Waals surface area contributed by atoms with Crippen molar-refractivity contribution in [3.8, 4) is 0 Å².